The maximum atomic E-state index is 5.93. The van der Waals surface area contributed by atoms with Gasteiger partial charge in [0.1, 0.15) is 6.23 Å². The Morgan fingerprint density at radius 1 is 1.50 bits per heavy atom. The molecule has 20 heavy (non-hydrogen) atoms. The molecule has 2 atom stereocenters. The fourth-order valence-corrected chi connectivity index (χ4v) is 2.40. The lowest BCUT2D eigenvalue weighted by molar-refractivity contribution is 0.0164. The van der Waals surface area contributed by atoms with Gasteiger partial charge in [-0.3, -0.25) is 4.90 Å². The van der Waals surface area contributed by atoms with E-state index < -0.39 is 0 Å². The van der Waals surface area contributed by atoms with E-state index in [0.29, 0.717) is 0 Å². The van der Waals surface area contributed by atoms with Crippen LogP contribution in [0, 0.1) is 0 Å². The number of rotatable bonds is 8. The smallest absolute Gasteiger partial charge is 0.129 e. The predicted molar refractivity (Wildman–Crippen MR) is 86.4 cm³/mol. The van der Waals surface area contributed by atoms with Gasteiger partial charge in [-0.25, -0.2) is 0 Å². The summed E-state index contributed by atoms with van der Waals surface area (Å²) in [6, 6.07) is 0.281. The molecule has 1 aliphatic heterocycles. The Morgan fingerprint density at radius 2 is 2.30 bits per heavy atom. The fraction of sp³-hybridized carbons (Fsp3) is 0.529. The van der Waals surface area contributed by atoms with E-state index in [1.807, 2.05) is 12.2 Å². The van der Waals surface area contributed by atoms with E-state index in [1.165, 1.54) is 5.57 Å². The van der Waals surface area contributed by atoms with Crippen molar-refractivity contribution in [2.45, 2.75) is 38.5 Å². The van der Waals surface area contributed by atoms with Gasteiger partial charge in [-0.1, -0.05) is 50.3 Å². The summed E-state index contributed by atoms with van der Waals surface area (Å²) in [6.45, 7) is 7.84. The molecule has 0 aromatic rings. The van der Waals surface area contributed by atoms with Crippen LogP contribution >= 0.6 is 0 Å². The second-order valence-corrected chi connectivity index (χ2v) is 5.14. The summed E-state index contributed by atoms with van der Waals surface area (Å²) in [7, 11) is 1.74. The van der Waals surface area contributed by atoms with Crippen LogP contribution in [-0.2, 0) is 4.74 Å². The SMILES string of the molecule is C=C/C=C(/C=C/C=C/C(OC)N1CCC(N)C1)CCC. The van der Waals surface area contributed by atoms with E-state index in [1.54, 1.807) is 7.11 Å². The van der Waals surface area contributed by atoms with Crippen LogP contribution in [0.15, 0.2) is 48.6 Å². The summed E-state index contributed by atoms with van der Waals surface area (Å²) in [4.78, 5) is 2.27. The van der Waals surface area contributed by atoms with Crippen LogP contribution in [0.5, 0.6) is 0 Å². The first-order valence-electron chi connectivity index (χ1n) is 7.40. The number of nitrogens with zero attached hydrogens (tertiary/aromatic N) is 1. The molecule has 0 amide bonds. The molecule has 2 unspecified atom stereocenters. The predicted octanol–water partition coefficient (Wildman–Crippen LogP) is 3.02. The van der Waals surface area contributed by atoms with Crippen molar-refractivity contribution in [3.05, 3.63) is 48.6 Å². The molecular weight excluding hydrogens is 248 g/mol. The molecule has 0 spiro atoms. The summed E-state index contributed by atoms with van der Waals surface area (Å²) in [5, 5.41) is 0. The van der Waals surface area contributed by atoms with Gasteiger partial charge in [0.25, 0.3) is 0 Å². The highest BCUT2D eigenvalue weighted by Crippen LogP contribution is 2.13. The van der Waals surface area contributed by atoms with Crippen molar-refractivity contribution in [3.8, 4) is 0 Å². The zero-order valence-electron chi connectivity index (χ0n) is 12.8. The molecule has 0 radical (unpaired) electrons. The molecule has 2 N–H and O–H groups in total. The molecule has 0 aliphatic carbocycles. The number of ether oxygens (including phenoxy) is 1. The molecule has 1 fully saturated rings. The number of hydrogen-bond donors (Lipinski definition) is 1. The minimum Gasteiger partial charge on any atom is -0.363 e. The summed E-state index contributed by atoms with van der Waals surface area (Å²) in [6.07, 6.45) is 15.5. The number of methoxy groups -OCH3 is 1. The quantitative estimate of drug-likeness (QED) is 0.693. The average Bonchev–Trinajstić information content (AvgIpc) is 2.85. The first kappa shape index (κ1) is 16.9. The lowest BCUT2D eigenvalue weighted by Crippen LogP contribution is -2.35. The number of nitrogens with two attached hydrogens (primary N) is 1. The fourth-order valence-electron chi connectivity index (χ4n) is 2.40. The van der Waals surface area contributed by atoms with E-state index in [0.717, 1.165) is 32.4 Å². The molecule has 0 bridgehead atoms. The third kappa shape index (κ3) is 5.87. The van der Waals surface area contributed by atoms with Crippen molar-refractivity contribution in [3.63, 3.8) is 0 Å². The lowest BCUT2D eigenvalue weighted by atomic mass is 10.1. The lowest BCUT2D eigenvalue weighted by Gasteiger charge is -2.23. The van der Waals surface area contributed by atoms with E-state index in [9.17, 15) is 0 Å². The maximum Gasteiger partial charge on any atom is 0.129 e. The molecule has 1 saturated heterocycles. The van der Waals surface area contributed by atoms with Crippen LogP contribution in [0.3, 0.4) is 0 Å². The second kappa shape index (κ2) is 9.70. The van der Waals surface area contributed by atoms with Gasteiger partial charge in [-0.05, 0) is 24.5 Å². The monoisotopic (exact) mass is 276 g/mol. The topological polar surface area (TPSA) is 38.5 Å². The number of allylic oxidation sites excluding steroid dienone is 6. The van der Waals surface area contributed by atoms with E-state index >= 15 is 0 Å². The van der Waals surface area contributed by atoms with Crippen molar-refractivity contribution < 1.29 is 4.74 Å². The zero-order valence-corrected chi connectivity index (χ0v) is 12.8. The zero-order chi connectivity index (χ0) is 14.8. The van der Waals surface area contributed by atoms with Crippen LogP contribution in [0.2, 0.25) is 0 Å². The van der Waals surface area contributed by atoms with Crippen molar-refractivity contribution in [1.82, 2.24) is 4.90 Å². The van der Waals surface area contributed by atoms with Crippen LogP contribution in [0.4, 0.5) is 0 Å². The van der Waals surface area contributed by atoms with Gasteiger partial charge in [-0.15, -0.1) is 0 Å². The van der Waals surface area contributed by atoms with Gasteiger partial charge < -0.3 is 10.5 Å². The van der Waals surface area contributed by atoms with Gasteiger partial charge in [-0.2, -0.15) is 0 Å². The molecular formula is C17H28N2O. The molecule has 0 aromatic heterocycles. The molecule has 112 valence electrons. The van der Waals surface area contributed by atoms with E-state index in [2.05, 4.69) is 42.7 Å². The van der Waals surface area contributed by atoms with Crippen LogP contribution in [0.25, 0.3) is 0 Å². The standard InChI is InChI=1S/C17H28N2O/c1-4-8-15(9-5-2)10-6-7-11-17(20-3)19-13-12-16(18)14-19/h4,6-8,10-11,16-17H,1,5,9,12-14,18H2,2-3H3/b10-6+,11-7+,15-8+. The first-order chi connectivity index (χ1) is 9.71. The van der Waals surface area contributed by atoms with Crippen LogP contribution in [-0.4, -0.2) is 37.4 Å². The molecule has 3 heteroatoms. The van der Waals surface area contributed by atoms with Gasteiger partial charge in [0, 0.05) is 26.2 Å². The highest BCUT2D eigenvalue weighted by atomic mass is 16.5. The maximum absolute atomic E-state index is 5.93. The molecule has 0 aromatic carbocycles. The van der Waals surface area contributed by atoms with Crippen molar-refractivity contribution in [2.75, 3.05) is 20.2 Å². The number of hydrogen-bond acceptors (Lipinski definition) is 3. The Bertz CT molecular complexity index is 371. The molecule has 1 heterocycles. The average molecular weight is 276 g/mol. The largest absolute Gasteiger partial charge is 0.363 e. The normalized spacial score (nSPS) is 22.9. The molecule has 1 rings (SSSR count). The Balaban J connectivity index is 2.52. The Hall–Kier alpha value is -1.16. The Labute approximate surface area is 123 Å². The van der Waals surface area contributed by atoms with Crippen LogP contribution in [0.1, 0.15) is 26.2 Å². The Kier molecular flexibility index (Phi) is 8.19. The van der Waals surface area contributed by atoms with Crippen LogP contribution < -0.4 is 5.73 Å². The van der Waals surface area contributed by atoms with Gasteiger partial charge in [0.15, 0.2) is 0 Å². The molecule has 0 saturated carbocycles. The van der Waals surface area contributed by atoms with E-state index in [-0.39, 0.29) is 12.3 Å². The summed E-state index contributed by atoms with van der Waals surface area (Å²) >= 11 is 0. The van der Waals surface area contributed by atoms with Crippen molar-refractivity contribution >= 4 is 0 Å². The van der Waals surface area contributed by atoms with Gasteiger partial charge >= 0.3 is 0 Å². The third-order valence-electron chi connectivity index (χ3n) is 3.43. The Morgan fingerprint density at radius 3 is 2.85 bits per heavy atom. The highest BCUT2D eigenvalue weighted by Gasteiger charge is 2.24. The third-order valence-corrected chi connectivity index (χ3v) is 3.43. The number of likely N-dealkylation sites (tertiary alicyclic amines) is 1. The van der Waals surface area contributed by atoms with Gasteiger partial charge in [0.2, 0.25) is 0 Å². The van der Waals surface area contributed by atoms with Crippen molar-refractivity contribution in [2.24, 2.45) is 5.73 Å². The molecule has 1 aliphatic rings. The minimum atomic E-state index is 0.0196. The molecule has 3 nitrogen and oxygen atoms in total. The van der Waals surface area contributed by atoms with E-state index in [4.69, 9.17) is 10.5 Å². The second-order valence-electron chi connectivity index (χ2n) is 5.14. The summed E-state index contributed by atoms with van der Waals surface area (Å²) in [5.41, 5.74) is 7.22. The minimum absolute atomic E-state index is 0.0196. The first-order valence-corrected chi connectivity index (χ1v) is 7.40. The summed E-state index contributed by atoms with van der Waals surface area (Å²) in [5.74, 6) is 0. The summed E-state index contributed by atoms with van der Waals surface area (Å²) < 4.78 is 5.50. The van der Waals surface area contributed by atoms with Gasteiger partial charge in [0.05, 0.1) is 0 Å². The highest BCUT2D eigenvalue weighted by molar-refractivity contribution is 5.25. The van der Waals surface area contributed by atoms with Crippen molar-refractivity contribution in [1.29, 1.82) is 0 Å².